The third-order valence-corrected chi connectivity index (χ3v) is 2.33. The maximum Gasteiger partial charge on any atom is 0.260 e. The minimum Gasteiger partial charge on any atom is -0.497 e. The van der Waals surface area contributed by atoms with Crippen molar-refractivity contribution >= 4 is 5.91 Å². The highest BCUT2D eigenvalue weighted by atomic mass is 16.5. The second kappa shape index (κ2) is 7.55. The van der Waals surface area contributed by atoms with Crippen LogP contribution in [-0.4, -0.2) is 39.4 Å². The van der Waals surface area contributed by atoms with Crippen LogP contribution in [0.4, 0.5) is 0 Å². The van der Waals surface area contributed by atoms with Crippen LogP contribution in [0, 0.1) is 0 Å². The normalized spacial score (nSPS) is 11.7. The van der Waals surface area contributed by atoms with Gasteiger partial charge in [0, 0.05) is 19.7 Å². The van der Waals surface area contributed by atoms with Crippen molar-refractivity contribution in [3.63, 3.8) is 0 Å². The topological polar surface area (TPSA) is 56.8 Å². The lowest BCUT2D eigenvalue weighted by atomic mass is 10.3. The second-order valence-electron chi connectivity index (χ2n) is 3.72. The van der Waals surface area contributed by atoms with Gasteiger partial charge in [-0.2, -0.15) is 0 Å². The molecular formula is C13H19NO4. The van der Waals surface area contributed by atoms with Crippen LogP contribution in [-0.2, 0) is 9.53 Å². The number of methoxy groups -OCH3 is 2. The van der Waals surface area contributed by atoms with Crippen LogP contribution in [0.3, 0.4) is 0 Å². The number of ether oxygens (including phenoxy) is 3. The summed E-state index contributed by atoms with van der Waals surface area (Å²) in [5.41, 5.74) is 0. The van der Waals surface area contributed by atoms with Gasteiger partial charge in [-0.3, -0.25) is 4.79 Å². The number of amides is 1. The molecular weight excluding hydrogens is 234 g/mol. The Morgan fingerprint density at radius 3 is 2.72 bits per heavy atom. The molecule has 1 aromatic carbocycles. The second-order valence-corrected chi connectivity index (χ2v) is 3.72. The van der Waals surface area contributed by atoms with Crippen molar-refractivity contribution < 1.29 is 19.0 Å². The summed E-state index contributed by atoms with van der Waals surface area (Å²) in [4.78, 5) is 11.7. The zero-order chi connectivity index (χ0) is 13.4. The van der Waals surface area contributed by atoms with E-state index < -0.39 is 6.10 Å². The van der Waals surface area contributed by atoms with Crippen LogP contribution < -0.4 is 14.8 Å². The van der Waals surface area contributed by atoms with Gasteiger partial charge in [-0.05, 0) is 19.1 Å². The molecule has 1 amide bonds. The number of nitrogens with one attached hydrogen (secondary N) is 1. The largest absolute Gasteiger partial charge is 0.497 e. The first-order chi connectivity index (χ1) is 8.67. The van der Waals surface area contributed by atoms with E-state index in [1.165, 1.54) is 0 Å². The Morgan fingerprint density at radius 2 is 2.06 bits per heavy atom. The smallest absolute Gasteiger partial charge is 0.260 e. The van der Waals surface area contributed by atoms with E-state index >= 15 is 0 Å². The highest BCUT2D eigenvalue weighted by Crippen LogP contribution is 2.19. The Morgan fingerprint density at radius 1 is 1.33 bits per heavy atom. The molecule has 1 N–H and O–H groups in total. The van der Waals surface area contributed by atoms with Gasteiger partial charge in [0.1, 0.15) is 11.5 Å². The molecule has 5 heteroatoms. The SMILES string of the molecule is COCCNC(=O)[C@@H](C)Oc1cccc(OC)c1. The predicted octanol–water partition coefficient (Wildman–Crippen LogP) is 1.23. The van der Waals surface area contributed by atoms with Gasteiger partial charge in [0.15, 0.2) is 6.10 Å². The Balaban J connectivity index is 2.47. The fourth-order valence-corrected chi connectivity index (χ4v) is 1.35. The zero-order valence-corrected chi connectivity index (χ0v) is 10.9. The van der Waals surface area contributed by atoms with E-state index in [9.17, 15) is 4.79 Å². The molecule has 0 fully saturated rings. The van der Waals surface area contributed by atoms with Crippen LogP contribution >= 0.6 is 0 Å². The van der Waals surface area contributed by atoms with Crippen molar-refractivity contribution in [2.45, 2.75) is 13.0 Å². The van der Waals surface area contributed by atoms with Gasteiger partial charge in [0.05, 0.1) is 13.7 Å². The van der Waals surface area contributed by atoms with Crippen LogP contribution in [0.2, 0.25) is 0 Å². The van der Waals surface area contributed by atoms with Crippen molar-refractivity contribution in [2.24, 2.45) is 0 Å². The molecule has 5 nitrogen and oxygen atoms in total. The molecule has 0 aliphatic carbocycles. The molecule has 18 heavy (non-hydrogen) atoms. The molecule has 0 aliphatic heterocycles. The van der Waals surface area contributed by atoms with Gasteiger partial charge in [0.2, 0.25) is 0 Å². The predicted molar refractivity (Wildman–Crippen MR) is 68.0 cm³/mol. The number of carbonyl (C=O) groups excluding carboxylic acids is 1. The standard InChI is InChI=1S/C13H19NO4/c1-10(13(15)14-7-8-16-2)18-12-6-4-5-11(9-12)17-3/h4-6,9-10H,7-8H2,1-3H3,(H,14,15)/t10-/m1/s1. The van der Waals surface area contributed by atoms with Gasteiger partial charge in [-0.1, -0.05) is 6.07 Å². The third-order valence-electron chi connectivity index (χ3n) is 2.33. The van der Waals surface area contributed by atoms with E-state index in [1.807, 2.05) is 12.1 Å². The molecule has 0 aliphatic rings. The summed E-state index contributed by atoms with van der Waals surface area (Å²) in [5.74, 6) is 1.12. The number of rotatable bonds is 7. The summed E-state index contributed by atoms with van der Waals surface area (Å²) in [5, 5.41) is 2.71. The summed E-state index contributed by atoms with van der Waals surface area (Å²) in [6.07, 6.45) is -0.561. The molecule has 0 aromatic heterocycles. The lowest BCUT2D eigenvalue weighted by molar-refractivity contribution is -0.127. The lowest BCUT2D eigenvalue weighted by Crippen LogP contribution is -2.37. The summed E-state index contributed by atoms with van der Waals surface area (Å²) < 4.78 is 15.4. The monoisotopic (exact) mass is 253 g/mol. The van der Waals surface area contributed by atoms with Crippen molar-refractivity contribution in [1.29, 1.82) is 0 Å². The molecule has 100 valence electrons. The first-order valence-electron chi connectivity index (χ1n) is 5.74. The Hall–Kier alpha value is -1.75. The number of carbonyl (C=O) groups is 1. The van der Waals surface area contributed by atoms with Gasteiger partial charge >= 0.3 is 0 Å². The van der Waals surface area contributed by atoms with E-state index in [4.69, 9.17) is 14.2 Å². The van der Waals surface area contributed by atoms with Crippen molar-refractivity contribution in [3.8, 4) is 11.5 Å². The molecule has 1 rings (SSSR count). The minimum atomic E-state index is -0.561. The summed E-state index contributed by atoms with van der Waals surface area (Å²) in [7, 11) is 3.17. The lowest BCUT2D eigenvalue weighted by Gasteiger charge is -2.15. The van der Waals surface area contributed by atoms with E-state index in [0.29, 0.717) is 24.7 Å². The van der Waals surface area contributed by atoms with Crippen molar-refractivity contribution in [1.82, 2.24) is 5.32 Å². The van der Waals surface area contributed by atoms with Gasteiger partial charge in [-0.25, -0.2) is 0 Å². The number of hydrogen-bond acceptors (Lipinski definition) is 4. The van der Waals surface area contributed by atoms with Crippen LogP contribution in [0.5, 0.6) is 11.5 Å². The Labute approximate surface area is 107 Å². The molecule has 0 saturated carbocycles. The fourth-order valence-electron chi connectivity index (χ4n) is 1.35. The zero-order valence-electron chi connectivity index (χ0n) is 10.9. The third kappa shape index (κ3) is 4.63. The maximum atomic E-state index is 11.7. The molecule has 0 radical (unpaired) electrons. The Kier molecular flexibility index (Phi) is 6.00. The molecule has 0 spiro atoms. The highest BCUT2D eigenvalue weighted by Gasteiger charge is 2.14. The molecule has 0 unspecified atom stereocenters. The molecule has 0 saturated heterocycles. The van der Waals surface area contributed by atoms with Gasteiger partial charge < -0.3 is 19.5 Å². The average Bonchev–Trinajstić information content (AvgIpc) is 2.39. The quantitative estimate of drug-likeness (QED) is 0.742. The van der Waals surface area contributed by atoms with Crippen LogP contribution in [0.15, 0.2) is 24.3 Å². The van der Waals surface area contributed by atoms with Crippen LogP contribution in [0.1, 0.15) is 6.92 Å². The highest BCUT2D eigenvalue weighted by molar-refractivity contribution is 5.80. The fraction of sp³-hybridized carbons (Fsp3) is 0.462. The molecule has 1 aromatic rings. The minimum absolute atomic E-state index is 0.171. The first kappa shape index (κ1) is 14.3. The number of hydrogen-bond donors (Lipinski definition) is 1. The van der Waals surface area contributed by atoms with E-state index in [2.05, 4.69) is 5.32 Å². The van der Waals surface area contributed by atoms with Gasteiger partial charge in [-0.15, -0.1) is 0 Å². The molecule has 1 atom stereocenters. The molecule has 0 heterocycles. The Bertz CT molecular complexity index is 381. The average molecular weight is 253 g/mol. The van der Waals surface area contributed by atoms with Crippen molar-refractivity contribution in [3.05, 3.63) is 24.3 Å². The van der Waals surface area contributed by atoms with Crippen LogP contribution in [0.25, 0.3) is 0 Å². The first-order valence-corrected chi connectivity index (χ1v) is 5.74. The van der Waals surface area contributed by atoms with E-state index in [-0.39, 0.29) is 5.91 Å². The summed E-state index contributed by atoms with van der Waals surface area (Å²) in [6.45, 7) is 2.65. The summed E-state index contributed by atoms with van der Waals surface area (Å²) >= 11 is 0. The molecule has 0 bridgehead atoms. The summed E-state index contributed by atoms with van der Waals surface area (Å²) in [6, 6.07) is 7.14. The number of benzene rings is 1. The van der Waals surface area contributed by atoms with E-state index in [1.54, 1.807) is 33.3 Å². The van der Waals surface area contributed by atoms with Gasteiger partial charge in [0.25, 0.3) is 5.91 Å². The van der Waals surface area contributed by atoms with Crippen molar-refractivity contribution in [2.75, 3.05) is 27.4 Å². The van der Waals surface area contributed by atoms with E-state index in [0.717, 1.165) is 0 Å². The maximum absolute atomic E-state index is 11.7.